The lowest BCUT2D eigenvalue weighted by Gasteiger charge is -2.01. The molecule has 0 unspecified atom stereocenters. The van der Waals surface area contributed by atoms with Gasteiger partial charge in [0.2, 0.25) is 0 Å². The molecule has 2 heterocycles. The fourth-order valence-electron chi connectivity index (χ4n) is 3.22. The van der Waals surface area contributed by atoms with E-state index in [1.807, 2.05) is 18.2 Å². The molecule has 2 aromatic heterocycles. The molecule has 2 nitrogen and oxygen atoms in total. The molecule has 0 spiro atoms. The van der Waals surface area contributed by atoms with E-state index in [4.69, 9.17) is 9.15 Å². The highest BCUT2D eigenvalue weighted by molar-refractivity contribution is 14.1. The van der Waals surface area contributed by atoms with E-state index < -0.39 is 0 Å². The topological polar surface area (TPSA) is 22.4 Å². The molecule has 0 aliphatic heterocycles. The van der Waals surface area contributed by atoms with Crippen molar-refractivity contribution in [2.75, 3.05) is 0 Å². The van der Waals surface area contributed by atoms with Gasteiger partial charge in [-0.05, 0) is 59.0 Å². The van der Waals surface area contributed by atoms with Crippen LogP contribution >= 0.6 is 33.1 Å². The number of hydrogen-bond acceptors (Lipinski definition) is 2. The van der Waals surface area contributed by atoms with Crippen molar-refractivity contribution in [3.05, 3.63) is 88.7 Å². The molecule has 0 saturated heterocycles. The Morgan fingerprint density at radius 1 is 0.769 bits per heavy atom. The summed E-state index contributed by atoms with van der Waals surface area (Å²) in [6.45, 7) is 0. The number of benzene rings is 3. The van der Waals surface area contributed by atoms with Crippen LogP contribution in [-0.2, 0) is 0 Å². The van der Waals surface area contributed by atoms with Gasteiger partial charge in [0.05, 0.1) is 3.57 Å². The largest absolute Gasteiger partial charge is 0.433 e. The summed E-state index contributed by atoms with van der Waals surface area (Å²) in [5.41, 5.74) is 0. The zero-order valence-corrected chi connectivity index (χ0v) is 16.7. The van der Waals surface area contributed by atoms with Gasteiger partial charge in [-0.3, -0.25) is 0 Å². The first-order valence-corrected chi connectivity index (χ1v) is 10.5. The molecule has 0 saturated carbocycles. The first-order chi connectivity index (χ1) is 12.8. The van der Waals surface area contributed by atoms with E-state index in [9.17, 15) is 0 Å². The van der Waals surface area contributed by atoms with E-state index in [1.54, 1.807) is 6.26 Å². The number of thiophene rings is 1. The molecular formula is C22H14IO2S+. The minimum Gasteiger partial charge on any atom is -0.433 e. The predicted molar refractivity (Wildman–Crippen MR) is 117 cm³/mol. The van der Waals surface area contributed by atoms with Gasteiger partial charge in [-0.25, -0.2) is 0 Å². The highest BCUT2D eigenvalue weighted by Gasteiger charge is 2.22. The van der Waals surface area contributed by atoms with E-state index in [-0.39, 0.29) is 10.5 Å². The zero-order valence-electron chi connectivity index (χ0n) is 13.7. The molecule has 0 amide bonds. The first kappa shape index (κ1) is 15.9. The smallest absolute Gasteiger partial charge is 0.290 e. The van der Waals surface area contributed by atoms with E-state index in [2.05, 4.69) is 83.3 Å². The van der Waals surface area contributed by atoms with Crippen LogP contribution < -0.4 is 4.74 Å². The van der Waals surface area contributed by atoms with Gasteiger partial charge >= 0.3 is 0 Å². The van der Waals surface area contributed by atoms with Crippen LogP contribution in [0.15, 0.2) is 89.5 Å². The quantitative estimate of drug-likeness (QED) is 0.199. The maximum Gasteiger partial charge on any atom is 0.290 e. The van der Waals surface area contributed by atoms with E-state index in [0.717, 1.165) is 9.32 Å². The molecule has 0 bridgehead atoms. The molecule has 0 aliphatic rings. The predicted octanol–water partition coefficient (Wildman–Crippen LogP) is 7.72. The van der Waals surface area contributed by atoms with Crippen LogP contribution in [0, 0.1) is 3.57 Å². The SMILES string of the molecule is Ic1coc(Oc2ccc(-[s+]3c4ccccc4c4ccccc43)cc2)c1. The van der Waals surface area contributed by atoms with E-state index in [1.165, 1.54) is 25.1 Å². The average molecular weight is 469 g/mol. The Morgan fingerprint density at radius 2 is 1.38 bits per heavy atom. The van der Waals surface area contributed by atoms with Crippen molar-refractivity contribution in [1.29, 1.82) is 0 Å². The summed E-state index contributed by atoms with van der Waals surface area (Å²) in [7, 11) is -0.0714. The number of fused-ring (bicyclic) bond motifs is 3. The summed E-state index contributed by atoms with van der Waals surface area (Å²) >= 11 is 2.20. The standard InChI is InChI=1S/C22H14IO2S/c23-15-13-22(24-14-15)25-16-9-11-17(12-10-16)26-20-7-3-1-5-18(20)19-6-2-4-8-21(19)26/h1-14H/q+1. The van der Waals surface area contributed by atoms with Crippen LogP contribution in [0.3, 0.4) is 0 Å². The molecule has 26 heavy (non-hydrogen) atoms. The Balaban J connectivity index is 1.61. The molecule has 0 atom stereocenters. The van der Waals surface area contributed by atoms with Crippen LogP contribution in [0.4, 0.5) is 0 Å². The van der Waals surface area contributed by atoms with Gasteiger partial charge in [0, 0.05) is 39.4 Å². The van der Waals surface area contributed by atoms with Gasteiger partial charge < -0.3 is 9.15 Å². The Bertz CT molecular complexity index is 1160. The van der Waals surface area contributed by atoms with Gasteiger partial charge in [-0.2, -0.15) is 0 Å². The summed E-state index contributed by atoms with van der Waals surface area (Å²) in [5, 5.41) is 2.69. The van der Waals surface area contributed by atoms with Crippen molar-refractivity contribution >= 4 is 53.2 Å². The minimum absolute atomic E-state index is 0.0714. The number of halogens is 1. The van der Waals surface area contributed by atoms with Crippen molar-refractivity contribution in [3.8, 4) is 16.6 Å². The van der Waals surface area contributed by atoms with Gasteiger partial charge in [0.15, 0.2) is 14.3 Å². The average Bonchev–Trinajstić information content (AvgIpc) is 3.23. The fraction of sp³-hybridized carbons (Fsp3) is 0. The monoisotopic (exact) mass is 469 g/mol. The third-order valence-corrected chi connectivity index (χ3v) is 7.23. The highest BCUT2D eigenvalue weighted by atomic mass is 127. The lowest BCUT2D eigenvalue weighted by atomic mass is 10.2. The maximum absolute atomic E-state index is 5.79. The molecule has 0 N–H and O–H groups in total. The Morgan fingerprint density at radius 3 is 1.96 bits per heavy atom. The fourth-order valence-corrected chi connectivity index (χ4v) is 5.97. The van der Waals surface area contributed by atoms with Crippen molar-refractivity contribution in [2.24, 2.45) is 0 Å². The molecule has 126 valence electrons. The molecule has 5 aromatic rings. The molecule has 0 aliphatic carbocycles. The lowest BCUT2D eigenvalue weighted by Crippen LogP contribution is -1.81. The van der Waals surface area contributed by atoms with Crippen LogP contribution in [0.5, 0.6) is 11.7 Å². The molecule has 0 radical (unpaired) electrons. The van der Waals surface area contributed by atoms with Crippen molar-refractivity contribution in [2.45, 2.75) is 0 Å². The van der Waals surface area contributed by atoms with Crippen molar-refractivity contribution in [1.82, 2.24) is 0 Å². The van der Waals surface area contributed by atoms with Crippen LogP contribution in [0.25, 0.3) is 25.1 Å². The normalized spacial score (nSPS) is 11.3. The van der Waals surface area contributed by atoms with Gasteiger partial charge in [0.1, 0.15) is 12.0 Å². The third kappa shape index (κ3) is 2.70. The number of ether oxygens (including phenoxy) is 1. The summed E-state index contributed by atoms with van der Waals surface area (Å²) in [5.74, 6) is 1.30. The zero-order chi connectivity index (χ0) is 17.5. The molecule has 0 fully saturated rings. The first-order valence-electron chi connectivity index (χ1n) is 8.24. The molecule has 5 rings (SSSR count). The van der Waals surface area contributed by atoms with Crippen molar-refractivity contribution in [3.63, 3.8) is 0 Å². The summed E-state index contributed by atoms with van der Waals surface area (Å²) in [4.78, 5) is 1.30. The second-order valence-corrected chi connectivity index (χ2v) is 9.16. The Hall–Kier alpha value is -2.31. The number of hydrogen-bond donors (Lipinski definition) is 0. The summed E-state index contributed by atoms with van der Waals surface area (Å²) in [6, 6.07) is 27.6. The van der Waals surface area contributed by atoms with Crippen LogP contribution in [0.1, 0.15) is 0 Å². The second kappa shape index (κ2) is 6.45. The second-order valence-electron chi connectivity index (χ2n) is 5.96. The van der Waals surface area contributed by atoms with Crippen molar-refractivity contribution < 1.29 is 9.15 Å². The van der Waals surface area contributed by atoms with Crippen LogP contribution in [0.2, 0.25) is 0 Å². The lowest BCUT2D eigenvalue weighted by molar-refractivity contribution is 0.346. The molecule has 3 aromatic carbocycles. The maximum atomic E-state index is 5.79. The van der Waals surface area contributed by atoms with E-state index >= 15 is 0 Å². The molecule has 4 heteroatoms. The van der Waals surface area contributed by atoms with Gasteiger partial charge in [-0.1, -0.05) is 24.3 Å². The third-order valence-electron chi connectivity index (χ3n) is 4.33. The highest BCUT2D eigenvalue weighted by Crippen LogP contribution is 2.48. The number of furan rings is 1. The minimum atomic E-state index is -0.0714. The Labute approximate surface area is 167 Å². The summed E-state index contributed by atoms with van der Waals surface area (Å²) in [6.07, 6.45) is 1.68. The van der Waals surface area contributed by atoms with Gasteiger partial charge in [-0.15, -0.1) is 0 Å². The van der Waals surface area contributed by atoms with E-state index in [0.29, 0.717) is 5.95 Å². The van der Waals surface area contributed by atoms with Crippen LogP contribution in [-0.4, -0.2) is 0 Å². The number of rotatable bonds is 3. The van der Waals surface area contributed by atoms with Gasteiger partial charge in [0.25, 0.3) is 5.95 Å². The summed E-state index contributed by atoms with van der Waals surface area (Å²) < 4.78 is 15.0. The molecular weight excluding hydrogens is 455 g/mol. The Kier molecular flexibility index (Phi) is 3.94.